The van der Waals surface area contributed by atoms with E-state index in [1.165, 1.54) is 5.56 Å². The average Bonchev–Trinajstić information content (AvgIpc) is 2.89. The molecule has 1 saturated heterocycles. The molecule has 6 nitrogen and oxygen atoms in total. The third-order valence-electron chi connectivity index (χ3n) is 6.59. The van der Waals surface area contributed by atoms with Gasteiger partial charge in [0.25, 0.3) is 5.91 Å². The Balaban J connectivity index is 1.33. The Morgan fingerprint density at radius 1 is 1.24 bits per heavy atom. The molecular formula is C27H27N5O. The second-order valence-corrected chi connectivity index (χ2v) is 8.74. The van der Waals surface area contributed by atoms with Crippen LogP contribution in [0.5, 0.6) is 0 Å². The molecule has 1 amide bonds. The van der Waals surface area contributed by atoms with E-state index in [1.54, 1.807) is 0 Å². The minimum Gasteiger partial charge on any atom is -0.382 e. The van der Waals surface area contributed by atoms with Gasteiger partial charge in [0.05, 0.1) is 6.07 Å². The number of carbonyl (C=O) groups excluding carboxylic acids is 1. The molecule has 0 saturated carbocycles. The van der Waals surface area contributed by atoms with E-state index >= 15 is 0 Å². The number of nitriles is 1. The number of amides is 1. The van der Waals surface area contributed by atoms with Gasteiger partial charge in [-0.2, -0.15) is 5.26 Å². The van der Waals surface area contributed by atoms with E-state index < -0.39 is 0 Å². The fourth-order valence-electron chi connectivity index (χ4n) is 4.77. The van der Waals surface area contributed by atoms with Crippen LogP contribution in [0.25, 0.3) is 10.8 Å². The van der Waals surface area contributed by atoms with Crippen LogP contribution in [-0.4, -0.2) is 41.5 Å². The number of fused-ring (bicyclic) bond motifs is 1. The van der Waals surface area contributed by atoms with Crippen molar-refractivity contribution in [1.29, 1.82) is 5.26 Å². The lowest BCUT2D eigenvalue weighted by atomic mass is 9.88. The normalized spacial score (nSPS) is 20.6. The van der Waals surface area contributed by atoms with Crippen LogP contribution in [0.1, 0.15) is 30.7 Å². The number of allylic oxidation sites excluding steroid dienone is 6. The number of rotatable bonds is 4. The molecule has 166 valence electrons. The maximum Gasteiger partial charge on any atom is 0.269 e. The molecule has 0 radical (unpaired) electrons. The van der Waals surface area contributed by atoms with Crippen LogP contribution in [0.2, 0.25) is 0 Å². The van der Waals surface area contributed by atoms with Crippen molar-refractivity contribution in [2.24, 2.45) is 0 Å². The number of aromatic nitrogens is 1. The van der Waals surface area contributed by atoms with Crippen LogP contribution in [-0.2, 0) is 4.79 Å². The lowest BCUT2D eigenvalue weighted by Crippen LogP contribution is -2.45. The van der Waals surface area contributed by atoms with E-state index in [0.717, 1.165) is 48.8 Å². The summed E-state index contributed by atoms with van der Waals surface area (Å²) in [7, 11) is 0. The molecule has 0 bridgehead atoms. The molecule has 33 heavy (non-hydrogen) atoms. The minimum absolute atomic E-state index is 0.0832. The third-order valence-corrected chi connectivity index (χ3v) is 6.59. The first kappa shape index (κ1) is 21.0. The topological polar surface area (TPSA) is 81.0 Å². The predicted octanol–water partition coefficient (Wildman–Crippen LogP) is 4.17. The van der Waals surface area contributed by atoms with Crippen LogP contribution in [0.3, 0.4) is 0 Å². The highest BCUT2D eigenvalue weighted by Gasteiger charge is 2.25. The molecule has 5 rings (SSSR count). The second-order valence-electron chi connectivity index (χ2n) is 8.74. The zero-order chi connectivity index (χ0) is 22.6. The molecule has 1 aromatic carbocycles. The summed E-state index contributed by atoms with van der Waals surface area (Å²) < 4.78 is 0. The summed E-state index contributed by atoms with van der Waals surface area (Å²) in [6.45, 7) is 2.17. The number of nitrogens with zero attached hydrogens (tertiary/aromatic N) is 3. The van der Waals surface area contributed by atoms with Crippen molar-refractivity contribution in [3.63, 3.8) is 0 Å². The van der Waals surface area contributed by atoms with Crippen molar-refractivity contribution in [3.05, 3.63) is 83.9 Å². The van der Waals surface area contributed by atoms with E-state index in [1.807, 2.05) is 47.7 Å². The fourth-order valence-corrected chi connectivity index (χ4v) is 4.77. The van der Waals surface area contributed by atoms with Crippen molar-refractivity contribution >= 4 is 22.4 Å². The van der Waals surface area contributed by atoms with Gasteiger partial charge in [0, 0.05) is 60.6 Å². The van der Waals surface area contributed by atoms with Crippen molar-refractivity contribution < 1.29 is 4.79 Å². The molecule has 1 atom stereocenters. The van der Waals surface area contributed by atoms with E-state index in [9.17, 15) is 10.1 Å². The van der Waals surface area contributed by atoms with Gasteiger partial charge >= 0.3 is 0 Å². The Hall–Kier alpha value is -3.85. The van der Waals surface area contributed by atoms with Gasteiger partial charge in [0.1, 0.15) is 5.70 Å². The number of benzene rings is 1. The Kier molecular flexibility index (Phi) is 5.95. The Labute approximate surface area is 194 Å². The van der Waals surface area contributed by atoms with Crippen LogP contribution in [0.4, 0.5) is 5.69 Å². The quantitative estimate of drug-likeness (QED) is 0.750. The summed E-state index contributed by atoms with van der Waals surface area (Å²) >= 11 is 0. The van der Waals surface area contributed by atoms with Crippen molar-refractivity contribution in [2.75, 3.05) is 25.0 Å². The van der Waals surface area contributed by atoms with Crippen LogP contribution >= 0.6 is 0 Å². The molecule has 1 fully saturated rings. The first-order valence-corrected chi connectivity index (χ1v) is 11.5. The zero-order valence-electron chi connectivity index (χ0n) is 18.5. The monoisotopic (exact) mass is 437 g/mol. The second kappa shape index (κ2) is 9.33. The fraction of sp³-hybridized carbons (Fsp3) is 0.296. The van der Waals surface area contributed by atoms with Gasteiger partial charge in [-0.3, -0.25) is 9.78 Å². The van der Waals surface area contributed by atoms with Gasteiger partial charge < -0.3 is 15.5 Å². The SMILES string of the molecule is N#CC1=CC(c2cc(NC3CCN(C(=O)C4=CC=CCN4)CC3)c3cnccc3c2)CC=C1. The average molecular weight is 438 g/mol. The number of carbonyl (C=O) groups is 1. The number of hydrogen-bond donors (Lipinski definition) is 2. The number of anilines is 1. The number of nitrogens with one attached hydrogen (secondary N) is 2. The van der Waals surface area contributed by atoms with Gasteiger partial charge in [0.2, 0.25) is 0 Å². The maximum atomic E-state index is 12.8. The first-order chi connectivity index (χ1) is 16.2. The molecule has 3 aliphatic rings. The smallest absolute Gasteiger partial charge is 0.269 e. The Morgan fingerprint density at radius 2 is 2.12 bits per heavy atom. The van der Waals surface area contributed by atoms with Gasteiger partial charge in [-0.1, -0.05) is 30.4 Å². The van der Waals surface area contributed by atoms with Gasteiger partial charge in [-0.15, -0.1) is 0 Å². The molecule has 2 aromatic rings. The van der Waals surface area contributed by atoms with Crippen molar-refractivity contribution in [3.8, 4) is 6.07 Å². The number of hydrogen-bond acceptors (Lipinski definition) is 5. The number of pyridine rings is 1. The van der Waals surface area contributed by atoms with Crippen LogP contribution < -0.4 is 10.6 Å². The molecular weight excluding hydrogens is 410 g/mol. The Bertz CT molecular complexity index is 1220. The first-order valence-electron chi connectivity index (χ1n) is 11.5. The molecule has 1 unspecified atom stereocenters. The van der Waals surface area contributed by atoms with Crippen LogP contribution in [0.15, 0.2) is 78.3 Å². The molecule has 1 aliphatic carbocycles. The van der Waals surface area contributed by atoms with E-state index in [-0.39, 0.29) is 17.9 Å². The molecule has 2 aliphatic heterocycles. The highest BCUT2D eigenvalue weighted by molar-refractivity contribution is 5.95. The lowest BCUT2D eigenvalue weighted by molar-refractivity contribution is -0.128. The van der Waals surface area contributed by atoms with Gasteiger partial charge in [0.15, 0.2) is 0 Å². The largest absolute Gasteiger partial charge is 0.382 e. The van der Waals surface area contributed by atoms with E-state index in [2.05, 4.69) is 46.0 Å². The maximum absolute atomic E-state index is 12.8. The summed E-state index contributed by atoms with van der Waals surface area (Å²) in [6.07, 6.45) is 18.2. The highest BCUT2D eigenvalue weighted by atomic mass is 16.2. The number of piperidine rings is 1. The summed E-state index contributed by atoms with van der Waals surface area (Å²) in [5.41, 5.74) is 3.67. The summed E-state index contributed by atoms with van der Waals surface area (Å²) in [4.78, 5) is 19.0. The summed E-state index contributed by atoms with van der Waals surface area (Å²) in [5, 5.41) is 18.5. The van der Waals surface area contributed by atoms with Gasteiger partial charge in [-0.25, -0.2) is 0 Å². The summed E-state index contributed by atoms with van der Waals surface area (Å²) in [5.74, 6) is 0.271. The van der Waals surface area contributed by atoms with Crippen molar-refractivity contribution in [2.45, 2.75) is 31.2 Å². The summed E-state index contributed by atoms with van der Waals surface area (Å²) in [6, 6.07) is 9.01. The highest BCUT2D eigenvalue weighted by Crippen LogP contribution is 2.34. The predicted molar refractivity (Wildman–Crippen MR) is 130 cm³/mol. The number of likely N-dealkylation sites (tertiary alicyclic amines) is 1. The number of dihydropyridines is 1. The van der Waals surface area contributed by atoms with Crippen LogP contribution in [0, 0.1) is 11.3 Å². The van der Waals surface area contributed by atoms with E-state index in [4.69, 9.17) is 0 Å². The van der Waals surface area contributed by atoms with Crippen molar-refractivity contribution in [1.82, 2.24) is 15.2 Å². The molecule has 0 spiro atoms. The van der Waals surface area contributed by atoms with E-state index in [0.29, 0.717) is 17.8 Å². The van der Waals surface area contributed by atoms with Gasteiger partial charge in [-0.05, 0) is 54.5 Å². The molecule has 2 N–H and O–H groups in total. The minimum atomic E-state index is 0.0832. The Morgan fingerprint density at radius 3 is 2.91 bits per heavy atom. The molecule has 6 heteroatoms. The zero-order valence-corrected chi connectivity index (χ0v) is 18.5. The standard InChI is InChI=1S/C27H27N5O/c28-17-19-4-3-5-20(14-19)22-15-21-7-11-29-18-24(21)26(16-22)31-23-8-12-32(13-9-23)27(33)25-6-1-2-10-30-25/h1-4,6-7,11,14-16,18,20,23,30-31H,5,8-10,12-13H2. The molecule has 3 heterocycles. The molecule has 1 aromatic heterocycles. The lowest BCUT2D eigenvalue weighted by Gasteiger charge is -2.34. The third kappa shape index (κ3) is 4.54.